The van der Waals surface area contributed by atoms with Crippen LogP contribution in [0, 0.1) is 0 Å². The zero-order valence-corrected chi connectivity index (χ0v) is 10.9. The summed E-state index contributed by atoms with van der Waals surface area (Å²) in [6.45, 7) is 4.04. The number of amides is 1. The molecule has 0 aliphatic rings. The minimum atomic E-state index is -0.0520. The Kier molecular flexibility index (Phi) is 3.55. The number of H-pyrrole nitrogens is 1. The molecule has 0 spiro atoms. The zero-order chi connectivity index (χ0) is 13.1. The Morgan fingerprint density at radius 3 is 2.94 bits per heavy atom. The predicted molar refractivity (Wildman–Crippen MR) is 72.1 cm³/mol. The molecule has 0 saturated carbocycles. The molecule has 0 radical (unpaired) electrons. The molecular weight excluding hydrogens is 228 g/mol. The third kappa shape index (κ3) is 2.32. The second-order valence-corrected chi connectivity index (χ2v) is 4.40. The van der Waals surface area contributed by atoms with Crippen LogP contribution in [0.25, 0.3) is 10.9 Å². The lowest BCUT2D eigenvalue weighted by molar-refractivity contribution is 0.0941. The number of ether oxygens (including phenoxy) is 1. The van der Waals surface area contributed by atoms with Crippen molar-refractivity contribution in [1.29, 1.82) is 0 Å². The van der Waals surface area contributed by atoms with Crippen LogP contribution in [0.3, 0.4) is 0 Å². The van der Waals surface area contributed by atoms with Crippen LogP contribution in [-0.2, 0) is 0 Å². The first kappa shape index (κ1) is 12.5. The van der Waals surface area contributed by atoms with E-state index in [9.17, 15) is 4.79 Å². The standard InChI is InChI=1S/C14H18N2O2/c1-4-9(2)16-14(17)12-8-15-13-6-5-10(18-3)7-11(12)13/h5-9,15H,4H2,1-3H3,(H,16,17). The topological polar surface area (TPSA) is 54.1 Å². The molecular formula is C14H18N2O2. The summed E-state index contributed by atoms with van der Waals surface area (Å²) in [5.41, 5.74) is 1.59. The van der Waals surface area contributed by atoms with Crippen molar-refractivity contribution in [3.05, 3.63) is 30.0 Å². The van der Waals surface area contributed by atoms with Crippen molar-refractivity contribution < 1.29 is 9.53 Å². The molecule has 0 fully saturated rings. The minimum Gasteiger partial charge on any atom is -0.497 e. The first-order valence-electron chi connectivity index (χ1n) is 6.11. The Morgan fingerprint density at radius 2 is 2.28 bits per heavy atom. The SMILES string of the molecule is CCC(C)NC(=O)c1c[nH]c2ccc(OC)cc12. The highest BCUT2D eigenvalue weighted by Crippen LogP contribution is 2.23. The molecule has 1 heterocycles. The van der Waals surface area contributed by atoms with Gasteiger partial charge in [0.05, 0.1) is 12.7 Å². The summed E-state index contributed by atoms with van der Waals surface area (Å²) in [7, 11) is 1.62. The van der Waals surface area contributed by atoms with Gasteiger partial charge >= 0.3 is 0 Å². The van der Waals surface area contributed by atoms with Crippen molar-refractivity contribution in [1.82, 2.24) is 10.3 Å². The number of carbonyl (C=O) groups excluding carboxylic acids is 1. The van der Waals surface area contributed by atoms with Crippen LogP contribution in [0.15, 0.2) is 24.4 Å². The molecule has 2 N–H and O–H groups in total. The van der Waals surface area contributed by atoms with Gasteiger partial charge in [-0.05, 0) is 31.5 Å². The van der Waals surface area contributed by atoms with Crippen molar-refractivity contribution in [3.8, 4) is 5.75 Å². The monoisotopic (exact) mass is 246 g/mol. The number of carbonyl (C=O) groups is 1. The van der Waals surface area contributed by atoms with Crippen molar-refractivity contribution in [2.75, 3.05) is 7.11 Å². The van der Waals surface area contributed by atoms with Gasteiger partial charge in [0, 0.05) is 23.1 Å². The lowest BCUT2D eigenvalue weighted by Gasteiger charge is -2.10. The summed E-state index contributed by atoms with van der Waals surface area (Å²) in [5, 5.41) is 3.85. The van der Waals surface area contributed by atoms with Crippen LogP contribution in [0.1, 0.15) is 30.6 Å². The van der Waals surface area contributed by atoms with Gasteiger partial charge in [0.2, 0.25) is 0 Å². The van der Waals surface area contributed by atoms with Gasteiger partial charge in [-0.1, -0.05) is 6.92 Å². The third-order valence-electron chi connectivity index (χ3n) is 3.12. The van der Waals surface area contributed by atoms with Gasteiger partial charge in [0.25, 0.3) is 5.91 Å². The summed E-state index contributed by atoms with van der Waals surface area (Å²) in [5.74, 6) is 0.698. The van der Waals surface area contributed by atoms with Crippen LogP contribution < -0.4 is 10.1 Å². The van der Waals surface area contributed by atoms with Crippen LogP contribution in [-0.4, -0.2) is 24.0 Å². The first-order chi connectivity index (χ1) is 8.65. The Labute approximate surface area is 106 Å². The van der Waals surface area contributed by atoms with E-state index in [1.165, 1.54) is 0 Å². The number of rotatable bonds is 4. The molecule has 18 heavy (non-hydrogen) atoms. The fourth-order valence-electron chi connectivity index (χ4n) is 1.82. The highest BCUT2D eigenvalue weighted by atomic mass is 16.5. The van der Waals surface area contributed by atoms with E-state index in [2.05, 4.69) is 10.3 Å². The molecule has 2 rings (SSSR count). The average molecular weight is 246 g/mol. The zero-order valence-electron chi connectivity index (χ0n) is 10.9. The maximum atomic E-state index is 12.1. The van der Waals surface area contributed by atoms with Gasteiger partial charge in [0.1, 0.15) is 5.75 Å². The molecule has 1 aromatic heterocycles. The second-order valence-electron chi connectivity index (χ2n) is 4.40. The molecule has 1 atom stereocenters. The van der Waals surface area contributed by atoms with Crippen molar-refractivity contribution in [2.24, 2.45) is 0 Å². The molecule has 96 valence electrons. The molecule has 0 aliphatic heterocycles. The largest absolute Gasteiger partial charge is 0.497 e. The van der Waals surface area contributed by atoms with Gasteiger partial charge in [-0.2, -0.15) is 0 Å². The predicted octanol–water partition coefficient (Wildman–Crippen LogP) is 2.70. The van der Waals surface area contributed by atoms with Crippen LogP contribution in [0.2, 0.25) is 0 Å². The van der Waals surface area contributed by atoms with Crippen molar-refractivity contribution >= 4 is 16.8 Å². The molecule has 1 amide bonds. The Morgan fingerprint density at radius 1 is 1.50 bits per heavy atom. The van der Waals surface area contributed by atoms with E-state index < -0.39 is 0 Å². The smallest absolute Gasteiger partial charge is 0.253 e. The molecule has 0 bridgehead atoms. The third-order valence-corrected chi connectivity index (χ3v) is 3.12. The van der Waals surface area contributed by atoms with E-state index in [-0.39, 0.29) is 11.9 Å². The van der Waals surface area contributed by atoms with E-state index in [0.29, 0.717) is 5.56 Å². The summed E-state index contributed by atoms with van der Waals surface area (Å²) in [6, 6.07) is 5.83. The quantitative estimate of drug-likeness (QED) is 0.871. The lowest BCUT2D eigenvalue weighted by atomic mass is 10.1. The van der Waals surface area contributed by atoms with Gasteiger partial charge < -0.3 is 15.0 Å². The van der Waals surface area contributed by atoms with Gasteiger partial charge in [-0.25, -0.2) is 0 Å². The molecule has 1 unspecified atom stereocenters. The van der Waals surface area contributed by atoms with E-state index >= 15 is 0 Å². The maximum absolute atomic E-state index is 12.1. The number of benzene rings is 1. The summed E-state index contributed by atoms with van der Waals surface area (Å²) in [6.07, 6.45) is 2.65. The Balaban J connectivity index is 2.35. The van der Waals surface area contributed by atoms with Crippen LogP contribution in [0.4, 0.5) is 0 Å². The molecule has 0 saturated heterocycles. The molecule has 0 aliphatic carbocycles. The first-order valence-corrected chi connectivity index (χ1v) is 6.11. The second kappa shape index (κ2) is 5.12. The molecule has 4 nitrogen and oxygen atoms in total. The van der Waals surface area contributed by atoms with Crippen molar-refractivity contribution in [3.63, 3.8) is 0 Å². The molecule has 1 aromatic carbocycles. The Bertz CT molecular complexity index is 560. The van der Waals surface area contributed by atoms with Gasteiger partial charge in [-0.3, -0.25) is 4.79 Å². The number of nitrogens with one attached hydrogen (secondary N) is 2. The highest BCUT2D eigenvalue weighted by Gasteiger charge is 2.14. The number of fused-ring (bicyclic) bond motifs is 1. The normalized spacial score (nSPS) is 12.4. The number of hydrogen-bond donors (Lipinski definition) is 2. The van der Waals surface area contributed by atoms with E-state index in [1.54, 1.807) is 13.3 Å². The fraction of sp³-hybridized carbons (Fsp3) is 0.357. The Hall–Kier alpha value is -1.97. The minimum absolute atomic E-state index is 0.0520. The van der Waals surface area contributed by atoms with E-state index in [4.69, 9.17) is 4.74 Å². The number of aromatic amines is 1. The number of aromatic nitrogens is 1. The maximum Gasteiger partial charge on any atom is 0.253 e. The van der Waals surface area contributed by atoms with Gasteiger partial charge in [-0.15, -0.1) is 0 Å². The molecule has 2 aromatic rings. The van der Waals surface area contributed by atoms with E-state index in [0.717, 1.165) is 23.1 Å². The van der Waals surface area contributed by atoms with Crippen LogP contribution in [0.5, 0.6) is 5.75 Å². The van der Waals surface area contributed by atoms with Crippen LogP contribution >= 0.6 is 0 Å². The summed E-state index contributed by atoms with van der Waals surface area (Å²) < 4.78 is 5.18. The summed E-state index contributed by atoms with van der Waals surface area (Å²) >= 11 is 0. The van der Waals surface area contributed by atoms with Gasteiger partial charge in [0.15, 0.2) is 0 Å². The highest BCUT2D eigenvalue weighted by molar-refractivity contribution is 6.07. The molecule has 4 heteroatoms. The number of methoxy groups -OCH3 is 1. The fourth-order valence-corrected chi connectivity index (χ4v) is 1.82. The summed E-state index contributed by atoms with van der Waals surface area (Å²) in [4.78, 5) is 15.2. The lowest BCUT2D eigenvalue weighted by Crippen LogP contribution is -2.31. The van der Waals surface area contributed by atoms with E-state index in [1.807, 2.05) is 32.0 Å². The number of hydrogen-bond acceptors (Lipinski definition) is 2. The average Bonchev–Trinajstić information content (AvgIpc) is 2.81. The van der Waals surface area contributed by atoms with Crippen molar-refractivity contribution in [2.45, 2.75) is 26.3 Å².